The molecule has 0 aliphatic heterocycles. The maximum absolute atomic E-state index is 13.7. The minimum absolute atomic E-state index is 0.0139. The van der Waals surface area contributed by atoms with Crippen LogP contribution in [0.4, 0.5) is 36.3 Å². The lowest BCUT2D eigenvalue weighted by Crippen LogP contribution is -2.03. The Morgan fingerprint density at radius 2 is 1.60 bits per heavy atom. The van der Waals surface area contributed by atoms with Gasteiger partial charge < -0.3 is 10.6 Å². The highest BCUT2D eigenvalue weighted by atomic mass is 35.5. The van der Waals surface area contributed by atoms with Gasteiger partial charge in [0, 0.05) is 11.2 Å². The maximum Gasteiger partial charge on any atom is 0.229 e. The van der Waals surface area contributed by atoms with Gasteiger partial charge in [0.1, 0.15) is 5.82 Å². The second-order valence-corrected chi connectivity index (χ2v) is 5.71. The first-order chi connectivity index (χ1) is 11.9. The molecule has 3 rings (SSSR count). The highest BCUT2D eigenvalue weighted by Crippen LogP contribution is 2.28. The molecule has 9 heteroatoms. The summed E-state index contributed by atoms with van der Waals surface area (Å²) >= 11 is 11.9. The summed E-state index contributed by atoms with van der Waals surface area (Å²) in [5, 5.41) is 6.31. The lowest BCUT2D eigenvalue weighted by molar-refractivity contribution is 0.449. The van der Waals surface area contributed by atoms with Crippen LogP contribution in [0.25, 0.3) is 0 Å². The van der Waals surface area contributed by atoms with Gasteiger partial charge in [-0.25, -0.2) is 18.2 Å². The van der Waals surface area contributed by atoms with E-state index in [4.69, 9.17) is 23.2 Å². The number of hydrogen-bond acceptors (Lipinski definition) is 4. The number of hydrogen-bond donors (Lipinski definition) is 2. The van der Waals surface area contributed by atoms with Gasteiger partial charge in [-0.2, -0.15) is 4.98 Å². The van der Waals surface area contributed by atoms with Gasteiger partial charge in [0.25, 0.3) is 0 Å². The van der Waals surface area contributed by atoms with Crippen molar-refractivity contribution in [3.63, 3.8) is 0 Å². The Labute approximate surface area is 150 Å². The molecule has 0 spiro atoms. The van der Waals surface area contributed by atoms with Crippen molar-refractivity contribution in [2.45, 2.75) is 0 Å². The van der Waals surface area contributed by atoms with Gasteiger partial charge in [0.2, 0.25) is 5.95 Å². The quantitative estimate of drug-likeness (QED) is 0.567. The first-order valence-electron chi connectivity index (χ1n) is 6.89. The van der Waals surface area contributed by atoms with Crippen LogP contribution in [-0.2, 0) is 0 Å². The van der Waals surface area contributed by atoms with Gasteiger partial charge in [-0.1, -0.05) is 23.2 Å². The fourth-order valence-electron chi connectivity index (χ4n) is 1.96. The van der Waals surface area contributed by atoms with E-state index in [9.17, 15) is 13.2 Å². The molecule has 2 N–H and O–H groups in total. The SMILES string of the molecule is Fc1ccc(Nc2nccc(Nc3ccc(Cl)cc3Cl)n2)c(F)c1F. The topological polar surface area (TPSA) is 49.8 Å². The Morgan fingerprint density at radius 3 is 2.36 bits per heavy atom. The standard InChI is InChI=1S/C16H9Cl2F3N4/c17-8-1-3-11(9(18)7-8)23-13-5-6-22-16(25-13)24-12-4-2-10(19)14(20)15(12)21/h1-7H,(H2,22,23,24,25). The van der Waals surface area contributed by atoms with Crippen LogP contribution in [0.15, 0.2) is 42.6 Å². The van der Waals surface area contributed by atoms with Crippen molar-refractivity contribution in [1.29, 1.82) is 0 Å². The average Bonchev–Trinajstić information content (AvgIpc) is 2.58. The molecule has 0 unspecified atom stereocenters. The van der Waals surface area contributed by atoms with Gasteiger partial charge in [-0.05, 0) is 36.4 Å². The molecule has 0 aliphatic carbocycles. The fourth-order valence-corrected chi connectivity index (χ4v) is 2.42. The van der Waals surface area contributed by atoms with Crippen LogP contribution < -0.4 is 10.6 Å². The maximum atomic E-state index is 13.7. The number of halogens is 5. The molecule has 0 atom stereocenters. The summed E-state index contributed by atoms with van der Waals surface area (Å²) in [6.45, 7) is 0. The van der Waals surface area contributed by atoms with Gasteiger partial charge in [0.15, 0.2) is 17.5 Å². The third-order valence-electron chi connectivity index (χ3n) is 3.13. The van der Waals surface area contributed by atoms with Gasteiger partial charge in [0.05, 0.1) is 16.4 Å². The van der Waals surface area contributed by atoms with E-state index in [1.165, 1.54) is 6.20 Å². The first-order valence-corrected chi connectivity index (χ1v) is 7.65. The van der Waals surface area contributed by atoms with Crippen LogP contribution >= 0.6 is 23.2 Å². The number of anilines is 4. The Morgan fingerprint density at radius 1 is 0.840 bits per heavy atom. The van der Waals surface area contributed by atoms with E-state index in [-0.39, 0.29) is 11.6 Å². The smallest absolute Gasteiger partial charge is 0.229 e. The molecule has 1 heterocycles. The number of aromatic nitrogens is 2. The molecule has 0 saturated heterocycles. The fraction of sp³-hybridized carbons (Fsp3) is 0. The van der Waals surface area contributed by atoms with Crippen LogP contribution in [0.2, 0.25) is 10.0 Å². The molecule has 2 aromatic carbocycles. The van der Waals surface area contributed by atoms with Crippen molar-refractivity contribution >= 4 is 46.3 Å². The second-order valence-electron chi connectivity index (χ2n) is 4.86. The van der Waals surface area contributed by atoms with E-state index in [1.54, 1.807) is 24.3 Å². The highest BCUT2D eigenvalue weighted by Gasteiger charge is 2.14. The summed E-state index contributed by atoms with van der Waals surface area (Å²) in [6.07, 6.45) is 1.40. The van der Waals surface area contributed by atoms with E-state index in [0.29, 0.717) is 21.6 Å². The molecule has 0 fully saturated rings. The lowest BCUT2D eigenvalue weighted by Gasteiger charge is -2.10. The molecule has 0 bridgehead atoms. The third-order valence-corrected chi connectivity index (χ3v) is 3.68. The monoisotopic (exact) mass is 384 g/mol. The van der Waals surface area contributed by atoms with Crippen molar-refractivity contribution < 1.29 is 13.2 Å². The van der Waals surface area contributed by atoms with Crippen molar-refractivity contribution in [1.82, 2.24) is 9.97 Å². The lowest BCUT2D eigenvalue weighted by atomic mass is 10.3. The summed E-state index contributed by atoms with van der Waals surface area (Å²) in [7, 11) is 0. The molecular weight excluding hydrogens is 376 g/mol. The van der Waals surface area contributed by atoms with Crippen LogP contribution in [-0.4, -0.2) is 9.97 Å². The highest BCUT2D eigenvalue weighted by molar-refractivity contribution is 6.36. The van der Waals surface area contributed by atoms with E-state index >= 15 is 0 Å². The summed E-state index contributed by atoms with van der Waals surface area (Å²) in [6, 6.07) is 8.27. The number of nitrogens with one attached hydrogen (secondary N) is 2. The summed E-state index contributed by atoms with van der Waals surface area (Å²) in [4.78, 5) is 8.02. The van der Waals surface area contributed by atoms with Crippen molar-refractivity contribution in [3.05, 3.63) is 70.1 Å². The number of rotatable bonds is 4. The Bertz CT molecular complexity index is 937. The Kier molecular flexibility index (Phi) is 4.96. The number of benzene rings is 2. The van der Waals surface area contributed by atoms with Crippen LogP contribution in [0.3, 0.4) is 0 Å². The normalized spacial score (nSPS) is 10.6. The molecule has 0 aliphatic rings. The van der Waals surface area contributed by atoms with E-state index in [1.807, 2.05) is 0 Å². The van der Waals surface area contributed by atoms with Crippen molar-refractivity contribution in [2.75, 3.05) is 10.6 Å². The first kappa shape index (κ1) is 17.3. The van der Waals surface area contributed by atoms with Gasteiger partial charge >= 0.3 is 0 Å². The number of nitrogens with zero attached hydrogens (tertiary/aromatic N) is 2. The van der Waals surface area contributed by atoms with E-state index in [0.717, 1.165) is 12.1 Å². The van der Waals surface area contributed by atoms with Crippen molar-refractivity contribution in [2.24, 2.45) is 0 Å². The molecule has 1 aromatic heterocycles. The minimum atomic E-state index is -1.58. The molecule has 3 aromatic rings. The summed E-state index contributed by atoms with van der Waals surface area (Å²) in [5.74, 6) is -3.88. The zero-order chi connectivity index (χ0) is 18.0. The predicted octanol–water partition coefficient (Wildman–Crippen LogP) is 5.69. The van der Waals surface area contributed by atoms with Gasteiger partial charge in [-0.15, -0.1) is 0 Å². The van der Waals surface area contributed by atoms with Gasteiger partial charge in [-0.3, -0.25) is 0 Å². The summed E-state index contributed by atoms with van der Waals surface area (Å²) < 4.78 is 39.9. The van der Waals surface area contributed by atoms with E-state index < -0.39 is 17.5 Å². The Balaban J connectivity index is 1.83. The Hall–Kier alpha value is -2.51. The van der Waals surface area contributed by atoms with Crippen LogP contribution in [0.5, 0.6) is 0 Å². The van der Waals surface area contributed by atoms with Crippen LogP contribution in [0, 0.1) is 17.5 Å². The molecular formula is C16H9Cl2F3N4. The molecule has 4 nitrogen and oxygen atoms in total. The zero-order valence-corrected chi connectivity index (χ0v) is 13.8. The second kappa shape index (κ2) is 7.16. The average molecular weight is 385 g/mol. The largest absolute Gasteiger partial charge is 0.339 e. The third kappa shape index (κ3) is 3.94. The molecule has 128 valence electrons. The minimum Gasteiger partial charge on any atom is -0.339 e. The van der Waals surface area contributed by atoms with E-state index in [2.05, 4.69) is 20.6 Å². The molecule has 0 amide bonds. The van der Waals surface area contributed by atoms with Crippen molar-refractivity contribution in [3.8, 4) is 0 Å². The zero-order valence-electron chi connectivity index (χ0n) is 12.3. The summed E-state index contributed by atoms with van der Waals surface area (Å²) in [5.41, 5.74) is 0.260. The molecule has 0 saturated carbocycles. The predicted molar refractivity (Wildman–Crippen MR) is 91.4 cm³/mol. The molecule has 0 radical (unpaired) electrons. The van der Waals surface area contributed by atoms with Crippen LogP contribution in [0.1, 0.15) is 0 Å². The molecule has 25 heavy (non-hydrogen) atoms.